The highest BCUT2D eigenvalue weighted by Crippen LogP contribution is 2.22. The van der Waals surface area contributed by atoms with Crippen molar-refractivity contribution in [3.05, 3.63) is 38.3 Å². The average Bonchev–Trinajstić information content (AvgIpc) is 2.27. The number of rotatable bonds is 5. The zero-order valence-electron chi connectivity index (χ0n) is 9.44. The Labute approximate surface area is 109 Å². The van der Waals surface area contributed by atoms with Crippen LogP contribution in [0, 0.1) is 22.5 Å². The third-order valence-electron chi connectivity index (χ3n) is 2.31. The Hall–Kier alpha value is -1.38. The van der Waals surface area contributed by atoms with Crippen molar-refractivity contribution in [1.29, 1.82) is 0 Å². The van der Waals surface area contributed by atoms with E-state index in [2.05, 4.69) is 27.2 Å². The Balaban J connectivity index is 2.67. The highest BCUT2D eigenvalue weighted by atomic mass is 79.9. The third kappa shape index (κ3) is 4.17. The van der Waals surface area contributed by atoms with Crippen molar-refractivity contribution in [3.63, 3.8) is 0 Å². The molecule has 0 aliphatic carbocycles. The van der Waals surface area contributed by atoms with Gasteiger partial charge in [-0.3, -0.25) is 10.1 Å². The molecule has 0 saturated carbocycles. The molecule has 0 saturated heterocycles. The van der Waals surface area contributed by atoms with Crippen LogP contribution in [0.3, 0.4) is 0 Å². The van der Waals surface area contributed by atoms with E-state index in [1.54, 1.807) is 6.07 Å². The molecule has 0 aromatic heterocycles. The van der Waals surface area contributed by atoms with Gasteiger partial charge < -0.3 is 5.32 Å². The van der Waals surface area contributed by atoms with Gasteiger partial charge in [-0.15, -0.1) is 12.3 Å². The number of nitrogens with zero attached hydrogens (tertiary/aromatic N) is 1. The van der Waals surface area contributed by atoms with Crippen molar-refractivity contribution in [1.82, 2.24) is 5.32 Å². The van der Waals surface area contributed by atoms with Crippen molar-refractivity contribution in [2.75, 3.05) is 0 Å². The van der Waals surface area contributed by atoms with E-state index in [9.17, 15) is 10.1 Å². The van der Waals surface area contributed by atoms with E-state index < -0.39 is 4.92 Å². The number of non-ortho nitro benzene ring substituents is 1. The lowest BCUT2D eigenvalue weighted by Crippen LogP contribution is -2.24. The largest absolute Gasteiger partial charge is 0.309 e. The zero-order valence-corrected chi connectivity index (χ0v) is 11.0. The van der Waals surface area contributed by atoms with Gasteiger partial charge in [0, 0.05) is 35.6 Å². The van der Waals surface area contributed by atoms with Crippen LogP contribution in [0.4, 0.5) is 5.69 Å². The van der Waals surface area contributed by atoms with Crippen LogP contribution in [-0.4, -0.2) is 11.0 Å². The summed E-state index contributed by atoms with van der Waals surface area (Å²) in [5.41, 5.74) is 1.05. The molecular weight excluding hydrogens is 284 g/mol. The van der Waals surface area contributed by atoms with Gasteiger partial charge in [-0.25, -0.2) is 0 Å². The second kappa shape index (κ2) is 6.38. The average molecular weight is 297 g/mol. The van der Waals surface area contributed by atoms with Crippen molar-refractivity contribution >= 4 is 21.6 Å². The first kappa shape index (κ1) is 13.7. The Bertz CT molecular complexity index is 454. The van der Waals surface area contributed by atoms with Crippen LogP contribution in [0.15, 0.2) is 22.7 Å². The highest BCUT2D eigenvalue weighted by molar-refractivity contribution is 9.10. The standard InChI is InChI=1S/C12H13BrN2O2/c1-3-4-9(2)14-8-10-5-6-11(15(16)17)7-12(10)13/h1,5-7,9,14H,4,8H2,2H3. The summed E-state index contributed by atoms with van der Waals surface area (Å²) in [6.45, 7) is 2.63. The Morgan fingerprint density at radius 2 is 2.35 bits per heavy atom. The van der Waals surface area contributed by atoms with Crippen molar-refractivity contribution in [2.24, 2.45) is 0 Å². The lowest BCUT2D eigenvalue weighted by molar-refractivity contribution is -0.384. The van der Waals surface area contributed by atoms with Gasteiger partial charge in [0.25, 0.3) is 5.69 Å². The van der Waals surface area contributed by atoms with Gasteiger partial charge in [0.2, 0.25) is 0 Å². The lowest BCUT2D eigenvalue weighted by atomic mass is 10.2. The van der Waals surface area contributed by atoms with Crippen molar-refractivity contribution in [3.8, 4) is 12.3 Å². The molecule has 0 spiro atoms. The molecule has 0 aliphatic rings. The van der Waals surface area contributed by atoms with Gasteiger partial charge in [0.05, 0.1) is 4.92 Å². The molecule has 0 fully saturated rings. The third-order valence-corrected chi connectivity index (χ3v) is 3.05. The minimum atomic E-state index is -0.414. The number of terminal acetylenes is 1. The van der Waals surface area contributed by atoms with Crippen LogP contribution in [0.1, 0.15) is 18.9 Å². The molecule has 1 aromatic carbocycles. The molecule has 1 atom stereocenters. The smallest absolute Gasteiger partial charge is 0.270 e. The molecular formula is C12H13BrN2O2. The summed E-state index contributed by atoms with van der Waals surface area (Å²) in [6, 6.07) is 4.95. The summed E-state index contributed by atoms with van der Waals surface area (Å²) in [5.74, 6) is 2.58. The fourth-order valence-corrected chi connectivity index (χ4v) is 1.83. The Morgan fingerprint density at radius 3 is 2.88 bits per heavy atom. The van der Waals surface area contributed by atoms with Gasteiger partial charge in [-0.05, 0) is 18.6 Å². The minimum absolute atomic E-state index is 0.0808. The number of nitro benzene ring substituents is 1. The van der Waals surface area contributed by atoms with Crippen LogP contribution in [-0.2, 0) is 6.54 Å². The predicted molar refractivity (Wildman–Crippen MR) is 70.5 cm³/mol. The van der Waals surface area contributed by atoms with E-state index >= 15 is 0 Å². The highest BCUT2D eigenvalue weighted by Gasteiger charge is 2.09. The Morgan fingerprint density at radius 1 is 1.65 bits per heavy atom. The molecule has 0 heterocycles. The summed E-state index contributed by atoms with van der Waals surface area (Å²) in [5, 5.41) is 13.8. The van der Waals surface area contributed by atoms with Crippen molar-refractivity contribution in [2.45, 2.75) is 25.9 Å². The molecule has 0 aliphatic heterocycles. The molecule has 90 valence electrons. The molecule has 1 rings (SSSR count). The topological polar surface area (TPSA) is 55.2 Å². The van der Waals surface area contributed by atoms with E-state index in [1.165, 1.54) is 12.1 Å². The molecule has 1 N–H and O–H groups in total. The minimum Gasteiger partial charge on any atom is -0.309 e. The molecule has 0 amide bonds. The monoisotopic (exact) mass is 296 g/mol. The quantitative estimate of drug-likeness (QED) is 0.516. The molecule has 1 unspecified atom stereocenters. The molecule has 1 aromatic rings. The summed E-state index contributed by atoms with van der Waals surface area (Å²) >= 11 is 3.32. The molecule has 17 heavy (non-hydrogen) atoms. The van der Waals surface area contributed by atoms with E-state index in [4.69, 9.17) is 6.42 Å². The maximum atomic E-state index is 10.6. The van der Waals surface area contributed by atoms with Gasteiger partial charge in [-0.2, -0.15) is 0 Å². The first-order valence-corrected chi connectivity index (χ1v) is 5.93. The molecule has 0 radical (unpaired) electrons. The first-order chi connectivity index (χ1) is 8.04. The summed E-state index contributed by atoms with van der Waals surface area (Å²) in [6.07, 6.45) is 5.86. The van der Waals surface area contributed by atoms with Gasteiger partial charge in [0.1, 0.15) is 0 Å². The van der Waals surface area contributed by atoms with Crippen LogP contribution in [0.2, 0.25) is 0 Å². The lowest BCUT2D eigenvalue weighted by Gasteiger charge is -2.11. The maximum Gasteiger partial charge on any atom is 0.270 e. The zero-order chi connectivity index (χ0) is 12.8. The molecule has 4 nitrogen and oxygen atoms in total. The van der Waals surface area contributed by atoms with Gasteiger partial charge in [0.15, 0.2) is 0 Å². The van der Waals surface area contributed by atoms with Gasteiger partial charge in [-0.1, -0.05) is 15.9 Å². The van der Waals surface area contributed by atoms with Crippen LogP contribution >= 0.6 is 15.9 Å². The fourth-order valence-electron chi connectivity index (χ4n) is 1.33. The Kier molecular flexibility index (Phi) is 5.13. The number of halogens is 1. The maximum absolute atomic E-state index is 10.6. The van der Waals surface area contributed by atoms with Crippen LogP contribution in [0.25, 0.3) is 0 Å². The van der Waals surface area contributed by atoms with Gasteiger partial charge >= 0.3 is 0 Å². The number of hydrogen-bond donors (Lipinski definition) is 1. The number of benzene rings is 1. The summed E-state index contributed by atoms with van der Waals surface area (Å²) < 4.78 is 0.729. The van der Waals surface area contributed by atoms with E-state index in [0.717, 1.165) is 10.0 Å². The number of nitro groups is 1. The van der Waals surface area contributed by atoms with Crippen LogP contribution in [0.5, 0.6) is 0 Å². The normalized spacial score (nSPS) is 11.8. The summed E-state index contributed by atoms with van der Waals surface area (Å²) in [7, 11) is 0. The van der Waals surface area contributed by atoms with Crippen molar-refractivity contribution < 1.29 is 4.92 Å². The van der Waals surface area contributed by atoms with E-state index in [1.807, 2.05) is 6.92 Å². The summed E-state index contributed by atoms with van der Waals surface area (Å²) in [4.78, 5) is 10.1. The van der Waals surface area contributed by atoms with Crippen LogP contribution < -0.4 is 5.32 Å². The molecule has 5 heteroatoms. The molecule has 0 bridgehead atoms. The number of hydrogen-bond acceptors (Lipinski definition) is 3. The first-order valence-electron chi connectivity index (χ1n) is 5.14. The predicted octanol–water partition coefficient (Wildman–Crippen LogP) is 2.86. The SMILES string of the molecule is C#CCC(C)NCc1ccc([N+](=O)[O-])cc1Br. The van der Waals surface area contributed by atoms with E-state index in [0.29, 0.717) is 13.0 Å². The van der Waals surface area contributed by atoms with E-state index in [-0.39, 0.29) is 11.7 Å². The second-order valence-electron chi connectivity index (χ2n) is 3.72. The second-order valence-corrected chi connectivity index (χ2v) is 4.58. The fraction of sp³-hybridized carbons (Fsp3) is 0.333. The number of nitrogens with one attached hydrogen (secondary N) is 1.